The lowest BCUT2D eigenvalue weighted by Crippen LogP contribution is -2.25. The van der Waals surface area contributed by atoms with Gasteiger partial charge in [0.05, 0.1) is 6.61 Å². The minimum absolute atomic E-state index is 0.0143. The lowest BCUT2D eigenvalue weighted by Gasteiger charge is -2.15. The van der Waals surface area contributed by atoms with Gasteiger partial charge in [0, 0.05) is 12.1 Å². The molecule has 132 valence electrons. The summed E-state index contributed by atoms with van der Waals surface area (Å²) in [6, 6.07) is 17.2. The predicted octanol–water partition coefficient (Wildman–Crippen LogP) is 3.56. The first-order valence-electron chi connectivity index (χ1n) is 8.91. The smallest absolute Gasteiger partial charge is 0.188 e. The van der Waals surface area contributed by atoms with Gasteiger partial charge in [-0.1, -0.05) is 30.3 Å². The van der Waals surface area contributed by atoms with Crippen LogP contribution in [0, 0.1) is 0 Å². The second-order valence-corrected chi connectivity index (χ2v) is 6.32. The highest BCUT2D eigenvalue weighted by Crippen LogP contribution is 2.14. The van der Waals surface area contributed by atoms with Crippen molar-refractivity contribution in [3.05, 3.63) is 65.7 Å². The molecule has 1 saturated heterocycles. The topological polar surface area (TPSA) is 38.8 Å². The van der Waals surface area contributed by atoms with E-state index in [1.165, 1.54) is 25.9 Å². The van der Waals surface area contributed by atoms with Gasteiger partial charge in [-0.05, 0) is 55.8 Å². The van der Waals surface area contributed by atoms with Gasteiger partial charge >= 0.3 is 0 Å². The molecule has 0 N–H and O–H groups in total. The predicted molar refractivity (Wildman–Crippen MR) is 98.0 cm³/mol. The number of rotatable bonds is 9. The molecule has 1 heterocycles. The number of likely N-dealkylation sites (tertiary alicyclic amines) is 1. The number of benzene rings is 2. The lowest BCUT2D eigenvalue weighted by atomic mass is 10.1. The van der Waals surface area contributed by atoms with Crippen molar-refractivity contribution >= 4 is 5.78 Å². The van der Waals surface area contributed by atoms with Crippen LogP contribution in [0.5, 0.6) is 5.75 Å². The Bertz CT molecular complexity index is 649. The molecule has 0 aromatic heterocycles. The average molecular weight is 339 g/mol. The maximum absolute atomic E-state index is 12.2. The number of carbonyl (C=O) groups is 1. The first-order chi connectivity index (χ1) is 12.3. The molecule has 0 bridgehead atoms. The van der Waals surface area contributed by atoms with Crippen molar-refractivity contribution in [1.29, 1.82) is 0 Å². The highest BCUT2D eigenvalue weighted by Gasteiger charge is 2.11. The number of Topliss-reactive ketones (excluding diaryl/α,β-unsaturated/α-hetero) is 1. The zero-order valence-electron chi connectivity index (χ0n) is 14.5. The van der Waals surface area contributed by atoms with E-state index in [9.17, 15) is 4.79 Å². The molecule has 1 aliphatic rings. The molecular weight excluding hydrogens is 314 g/mol. The fourth-order valence-corrected chi connectivity index (χ4v) is 2.96. The molecule has 2 aromatic rings. The molecule has 0 radical (unpaired) electrons. The van der Waals surface area contributed by atoms with Gasteiger partial charge in [0.1, 0.15) is 19.0 Å². The zero-order valence-corrected chi connectivity index (χ0v) is 14.5. The van der Waals surface area contributed by atoms with E-state index in [-0.39, 0.29) is 12.4 Å². The van der Waals surface area contributed by atoms with Gasteiger partial charge in [-0.2, -0.15) is 0 Å². The Hall–Kier alpha value is -2.17. The molecule has 0 aliphatic carbocycles. The van der Waals surface area contributed by atoms with E-state index in [0.29, 0.717) is 18.8 Å². The fourth-order valence-electron chi connectivity index (χ4n) is 2.96. The number of carbonyl (C=O) groups excluding carboxylic acids is 1. The second kappa shape index (κ2) is 9.35. The normalized spacial score (nSPS) is 14.6. The largest absolute Gasteiger partial charge is 0.492 e. The summed E-state index contributed by atoms with van der Waals surface area (Å²) in [6.07, 6.45) is 2.59. The van der Waals surface area contributed by atoms with Crippen LogP contribution >= 0.6 is 0 Å². The standard InChI is InChI=1S/C21H25NO3/c23-21(17-24-16-18-6-2-1-3-7-18)19-8-10-20(11-9-19)25-15-14-22-12-4-5-13-22/h1-3,6-11H,4-5,12-17H2. The van der Waals surface area contributed by atoms with Gasteiger partial charge in [-0.25, -0.2) is 0 Å². The Morgan fingerprint density at radius 2 is 1.68 bits per heavy atom. The van der Waals surface area contributed by atoms with Gasteiger partial charge in [0.25, 0.3) is 0 Å². The highest BCUT2D eigenvalue weighted by molar-refractivity contribution is 5.97. The van der Waals surface area contributed by atoms with Gasteiger partial charge in [-0.3, -0.25) is 9.69 Å². The third-order valence-corrected chi connectivity index (χ3v) is 4.40. The quantitative estimate of drug-likeness (QED) is 0.655. The second-order valence-electron chi connectivity index (χ2n) is 6.32. The van der Waals surface area contributed by atoms with E-state index in [4.69, 9.17) is 9.47 Å². The third kappa shape index (κ3) is 5.69. The summed E-state index contributed by atoms with van der Waals surface area (Å²) >= 11 is 0. The van der Waals surface area contributed by atoms with E-state index >= 15 is 0 Å². The van der Waals surface area contributed by atoms with Crippen LogP contribution in [0.1, 0.15) is 28.8 Å². The van der Waals surface area contributed by atoms with Crippen molar-refractivity contribution in [2.75, 3.05) is 32.8 Å². The summed E-state index contributed by atoms with van der Waals surface area (Å²) in [7, 11) is 0. The summed E-state index contributed by atoms with van der Waals surface area (Å²) in [5.41, 5.74) is 1.72. The van der Waals surface area contributed by atoms with Crippen molar-refractivity contribution in [3.8, 4) is 5.75 Å². The van der Waals surface area contributed by atoms with Crippen LogP contribution < -0.4 is 4.74 Å². The molecule has 3 rings (SSSR count). The maximum Gasteiger partial charge on any atom is 0.188 e. The van der Waals surface area contributed by atoms with Crippen molar-refractivity contribution in [2.24, 2.45) is 0 Å². The molecular formula is C21H25NO3. The van der Waals surface area contributed by atoms with E-state index in [0.717, 1.165) is 17.9 Å². The van der Waals surface area contributed by atoms with Crippen LogP contribution in [0.3, 0.4) is 0 Å². The van der Waals surface area contributed by atoms with Crippen LogP contribution in [0.2, 0.25) is 0 Å². The van der Waals surface area contributed by atoms with E-state index in [1.807, 2.05) is 42.5 Å². The van der Waals surface area contributed by atoms with Crippen LogP contribution in [-0.2, 0) is 11.3 Å². The molecule has 2 aromatic carbocycles. The van der Waals surface area contributed by atoms with Crippen molar-refractivity contribution in [1.82, 2.24) is 4.90 Å². The summed E-state index contributed by atoms with van der Waals surface area (Å²) in [5, 5.41) is 0. The number of hydrogen-bond acceptors (Lipinski definition) is 4. The number of hydrogen-bond donors (Lipinski definition) is 0. The molecule has 0 amide bonds. The number of ketones is 1. The molecule has 4 nitrogen and oxygen atoms in total. The Morgan fingerprint density at radius 3 is 2.40 bits per heavy atom. The van der Waals surface area contributed by atoms with Gasteiger partial charge in [-0.15, -0.1) is 0 Å². The summed E-state index contributed by atoms with van der Waals surface area (Å²) in [5.74, 6) is 0.792. The van der Waals surface area contributed by atoms with Crippen LogP contribution in [0.25, 0.3) is 0 Å². The van der Waals surface area contributed by atoms with Crippen molar-refractivity contribution in [3.63, 3.8) is 0 Å². The Labute approximate surface area is 149 Å². The highest BCUT2D eigenvalue weighted by atomic mass is 16.5. The van der Waals surface area contributed by atoms with E-state index < -0.39 is 0 Å². The van der Waals surface area contributed by atoms with Crippen LogP contribution in [-0.4, -0.2) is 43.5 Å². The van der Waals surface area contributed by atoms with E-state index in [2.05, 4.69) is 4.90 Å². The molecule has 0 spiro atoms. The van der Waals surface area contributed by atoms with Crippen molar-refractivity contribution in [2.45, 2.75) is 19.4 Å². The van der Waals surface area contributed by atoms with Crippen LogP contribution in [0.4, 0.5) is 0 Å². The Kier molecular flexibility index (Phi) is 6.60. The molecule has 4 heteroatoms. The SMILES string of the molecule is O=C(COCc1ccccc1)c1ccc(OCCN2CCCC2)cc1. The summed E-state index contributed by atoms with van der Waals surface area (Å²) in [6.45, 7) is 4.55. The Morgan fingerprint density at radius 1 is 0.960 bits per heavy atom. The van der Waals surface area contributed by atoms with Gasteiger partial charge in [0.15, 0.2) is 5.78 Å². The van der Waals surface area contributed by atoms with Crippen molar-refractivity contribution < 1.29 is 14.3 Å². The lowest BCUT2D eigenvalue weighted by molar-refractivity contribution is 0.0726. The maximum atomic E-state index is 12.2. The van der Waals surface area contributed by atoms with Gasteiger partial charge in [0.2, 0.25) is 0 Å². The molecule has 0 unspecified atom stereocenters. The number of nitrogens with zero attached hydrogens (tertiary/aromatic N) is 1. The zero-order chi connectivity index (χ0) is 17.3. The number of ether oxygens (including phenoxy) is 2. The Balaban J connectivity index is 1.39. The van der Waals surface area contributed by atoms with Gasteiger partial charge < -0.3 is 9.47 Å². The summed E-state index contributed by atoms with van der Waals surface area (Å²) < 4.78 is 11.3. The third-order valence-electron chi connectivity index (χ3n) is 4.40. The minimum Gasteiger partial charge on any atom is -0.492 e. The monoisotopic (exact) mass is 339 g/mol. The first kappa shape index (κ1) is 17.6. The molecule has 0 saturated carbocycles. The van der Waals surface area contributed by atoms with E-state index in [1.54, 1.807) is 12.1 Å². The van der Waals surface area contributed by atoms with Crippen LogP contribution in [0.15, 0.2) is 54.6 Å². The molecule has 0 atom stereocenters. The minimum atomic E-state index is -0.0143. The fraction of sp³-hybridized carbons (Fsp3) is 0.381. The average Bonchev–Trinajstić information content (AvgIpc) is 3.16. The molecule has 1 aliphatic heterocycles. The molecule has 25 heavy (non-hydrogen) atoms. The summed E-state index contributed by atoms with van der Waals surface area (Å²) in [4.78, 5) is 14.6. The first-order valence-corrected chi connectivity index (χ1v) is 8.91. The molecule has 1 fully saturated rings.